The van der Waals surface area contributed by atoms with Crippen LogP contribution >= 0.6 is 0 Å². The van der Waals surface area contributed by atoms with Crippen LogP contribution in [0.25, 0.3) is 22.6 Å². The number of carbonyl (C=O) groups is 1. The molecule has 4 aromatic rings. The number of non-ortho nitro benzene ring substituents is 1. The largest absolute Gasteiger partial charge is 0.497 e. The van der Waals surface area contributed by atoms with Crippen molar-refractivity contribution in [2.24, 2.45) is 0 Å². The van der Waals surface area contributed by atoms with Gasteiger partial charge in [0, 0.05) is 36.5 Å². The molecule has 0 bridgehead atoms. The van der Waals surface area contributed by atoms with Crippen LogP contribution in [0.5, 0.6) is 5.75 Å². The molecule has 1 saturated heterocycles. The normalized spacial score (nSPS) is 13.6. The summed E-state index contributed by atoms with van der Waals surface area (Å²) >= 11 is 0. The van der Waals surface area contributed by atoms with Gasteiger partial charge in [-0.05, 0) is 67.8 Å². The minimum Gasteiger partial charge on any atom is -0.497 e. The average molecular weight is 473 g/mol. The first-order valence-electron chi connectivity index (χ1n) is 11.4. The van der Waals surface area contributed by atoms with Gasteiger partial charge in [0.25, 0.3) is 11.6 Å². The highest BCUT2D eigenvalue weighted by molar-refractivity contribution is 6.09. The predicted octanol–water partition coefficient (Wildman–Crippen LogP) is 5.65. The highest BCUT2D eigenvalue weighted by Gasteiger charge is 2.22. The highest BCUT2D eigenvalue weighted by Crippen LogP contribution is 2.30. The molecule has 1 aromatic heterocycles. The lowest BCUT2D eigenvalue weighted by molar-refractivity contribution is -0.384. The van der Waals surface area contributed by atoms with E-state index in [1.807, 2.05) is 24.3 Å². The molecule has 9 heteroatoms. The number of nitrogens with zero attached hydrogens (tertiary/aromatic N) is 3. The Morgan fingerprint density at radius 1 is 1.06 bits per heavy atom. The number of carbonyl (C=O) groups excluding carboxylic acids is 1. The maximum absolute atomic E-state index is 13.3. The van der Waals surface area contributed by atoms with Gasteiger partial charge in [0.05, 0.1) is 23.3 Å². The molecule has 1 aliphatic rings. The number of amides is 1. The number of fused-ring (bicyclic) bond motifs is 1. The number of hydrogen-bond donors (Lipinski definition) is 1. The summed E-state index contributed by atoms with van der Waals surface area (Å²) in [7, 11) is 1.60. The number of piperidine rings is 1. The Kier molecular flexibility index (Phi) is 6.05. The van der Waals surface area contributed by atoms with Crippen molar-refractivity contribution in [1.29, 1.82) is 0 Å². The maximum Gasteiger partial charge on any atom is 0.270 e. The zero-order valence-electron chi connectivity index (χ0n) is 19.2. The van der Waals surface area contributed by atoms with E-state index < -0.39 is 10.8 Å². The maximum atomic E-state index is 13.3. The van der Waals surface area contributed by atoms with Crippen LogP contribution in [-0.2, 0) is 0 Å². The molecule has 0 atom stereocenters. The lowest BCUT2D eigenvalue weighted by atomic mass is 10.1. The number of anilines is 2. The first-order valence-corrected chi connectivity index (χ1v) is 11.4. The summed E-state index contributed by atoms with van der Waals surface area (Å²) in [5.74, 6) is 0.782. The molecule has 178 valence electrons. The highest BCUT2D eigenvalue weighted by atomic mass is 16.6. The fourth-order valence-corrected chi connectivity index (χ4v) is 4.29. The predicted molar refractivity (Wildman–Crippen MR) is 133 cm³/mol. The quantitative estimate of drug-likeness (QED) is 0.285. The summed E-state index contributed by atoms with van der Waals surface area (Å²) in [5.41, 5.74) is 3.36. The second-order valence-electron chi connectivity index (χ2n) is 8.39. The van der Waals surface area contributed by atoms with Crippen molar-refractivity contribution in [2.75, 3.05) is 30.4 Å². The topological polar surface area (TPSA) is 111 Å². The van der Waals surface area contributed by atoms with E-state index in [-0.39, 0.29) is 11.3 Å². The Labute approximate surface area is 201 Å². The molecule has 1 fully saturated rings. The van der Waals surface area contributed by atoms with Crippen LogP contribution in [-0.4, -0.2) is 36.0 Å². The van der Waals surface area contributed by atoms with E-state index in [0.717, 1.165) is 43.7 Å². The molecule has 0 spiro atoms. The molecule has 1 aliphatic heterocycles. The number of nitrogens with one attached hydrogen (secondary N) is 1. The number of oxazole rings is 1. The summed E-state index contributed by atoms with van der Waals surface area (Å²) in [6.45, 7) is 1.63. The number of methoxy groups -OCH3 is 1. The van der Waals surface area contributed by atoms with Gasteiger partial charge >= 0.3 is 0 Å². The summed E-state index contributed by atoms with van der Waals surface area (Å²) < 4.78 is 11.1. The van der Waals surface area contributed by atoms with Crippen molar-refractivity contribution >= 4 is 34.1 Å². The first kappa shape index (κ1) is 22.4. The molecule has 0 saturated carbocycles. The first-order chi connectivity index (χ1) is 17.0. The molecule has 0 unspecified atom stereocenters. The van der Waals surface area contributed by atoms with E-state index in [2.05, 4.69) is 15.2 Å². The van der Waals surface area contributed by atoms with Gasteiger partial charge in [-0.2, -0.15) is 0 Å². The van der Waals surface area contributed by atoms with Gasteiger partial charge in [0.2, 0.25) is 5.89 Å². The molecular weight excluding hydrogens is 448 g/mol. The minimum atomic E-state index is -0.487. The SMILES string of the molecule is COc1ccc(-c2nc3cc(NC(=O)c4cc([N+](=O)[O-])ccc4N4CCCCC4)ccc3o2)cc1. The third-order valence-corrected chi connectivity index (χ3v) is 6.11. The monoisotopic (exact) mass is 472 g/mol. The third-order valence-electron chi connectivity index (χ3n) is 6.11. The van der Waals surface area contributed by atoms with Crippen LogP contribution in [0.3, 0.4) is 0 Å². The van der Waals surface area contributed by atoms with E-state index >= 15 is 0 Å². The van der Waals surface area contributed by atoms with Crippen molar-refractivity contribution in [3.63, 3.8) is 0 Å². The summed E-state index contributed by atoms with van der Waals surface area (Å²) in [6.07, 6.45) is 3.19. The Morgan fingerprint density at radius 3 is 2.54 bits per heavy atom. The number of nitro benzene ring substituents is 1. The molecule has 5 rings (SSSR count). The van der Waals surface area contributed by atoms with Crippen molar-refractivity contribution < 1.29 is 18.9 Å². The molecule has 1 amide bonds. The second kappa shape index (κ2) is 9.46. The summed E-state index contributed by atoms with van der Waals surface area (Å²) in [5, 5.41) is 14.2. The van der Waals surface area contributed by atoms with Gasteiger partial charge in [-0.1, -0.05) is 0 Å². The van der Waals surface area contributed by atoms with E-state index in [0.29, 0.717) is 28.4 Å². The van der Waals surface area contributed by atoms with E-state index in [1.165, 1.54) is 12.1 Å². The number of benzene rings is 3. The Bertz CT molecular complexity index is 1390. The lowest BCUT2D eigenvalue weighted by Crippen LogP contribution is -2.31. The average Bonchev–Trinajstić information content (AvgIpc) is 3.32. The molecule has 2 heterocycles. The zero-order valence-corrected chi connectivity index (χ0v) is 19.2. The van der Waals surface area contributed by atoms with Crippen LogP contribution in [0.2, 0.25) is 0 Å². The van der Waals surface area contributed by atoms with Crippen LogP contribution in [0, 0.1) is 10.1 Å². The second-order valence-corrected chi connectivity index (χ2v) is 8.39. The number of rotatable bonds is 6. The molecule has 0 aliphatic carbocycles. The van der Waals surface area contributed by atoms with Gasteiger partial charge in [-0.15, -0.1) is 0 Å². The van der Waals surface area contributed by atoms with Gasteiger partial charge < -0.3 is 19.4 Å². The third kappa shape index (κ3) is 4.65. The van der Waals surface area contributed by atoms with Gasteiger partial charge in [-0.3, -0.25) is 14.9 Å². The summed E-state index contributed by atoms with van der Waals surface area (Å²) in [4.78, 5) is 30.8. The fraction of sp³-hybridized carbons (Fsp3) is 0.231. The molecule has 1 N–H and O–H groups in total. The van der Waals surface area contributed by atoms with Crippen LogP contribution in [0.15, 0.2) is 65.1 Å². The van der Waals surface area contributed by atoms with E-state index in [4.69, 9.17) is 9.15 Å². The lowest BCUT2D eigenvalue weighted by Gasteiger charge is -2.30. The smallest absolute Gasteiger partial charge is 0.270 e. The van der Waals surface area contributed by atoms with Crippen LogP contribution < -0.4 is 15.0 Å². The van der Waals surface area contributed by atoms with E-state index in [9.17, 15) is 14.9 Å². The number of ether oxygens (including phenoxy) is 1. The Morgan fingerprint density at radius 2 is 1.83 bits per heavy atom. The van der Waals surface area contributed by atoms with Crippen LogP contribution in [0.1, 0.15) is 29.6 Å². The fourth-order valence-electron chi connectivity index (χ4n) is 4.29. The zero-order chi connectivity index (χ0) is 24.4. The van der Waals surface area contributed by atoms with Gasteiger partial charge in [-0.25, -0.2) is 4.98 Å². The van der Waals surface area contributed by atoms with Crippen LogP contribution in [0.4, 0.5) is 17.1 Å². The Hall–Kier alpha value is -4.40. The van der Waals surface area contributed by atoms with Crippen molar-refractivity contribution in [3.8, 4) is 17.2 Å². The van der Waals surface area contributed by atoms with Crippen molar-refractivity contribution in [1.82, 2.24) is 4.98 Å². The summed E-state index contributed by atoms with van der Waals surface area (Å²) in [6, 6.07) is 17.0. The molecule has 35 heavy (non-hydrogen) atoms. The molecule has 9 nitrogen and oxygen atoms in total. The van der Waals surface area contributed by atoms with E-state index in [1.54, 1.807) is 31.4 Å². The number of hydrogen-bond acceptors (Lipinski definition) is 7. The van der Waals surface area contributed by atoms with Crippen molar-refractivity contribution in [2.45, 2.75) is 19.3 Å². The molecular formula is C26H24N4O5. The van der Waals surface area contributed by atoms with Crippen molar-refractivity contribution in [3.05, 3.63) is 76.3 Å². The number of aromatic nitrogens is 1. The molecule has 3 aromatic carbocycles. The Balaban J connectivity index is 1.42. The standard InChI is InChI=1S/C26H24N4O5/c1-34-20-9-5-17(6-10-20)26-28-22-15-18(7-12-24(22)35-26)27-25(31)21-16-19(30(32)33)8-11-23(21)29-13-3-2-4-14-29/h5-12,15-16H,2-4,13-14H2,1H3,(H,27,31). The van der Waals surface area contributed by atoms with Gasteiger partial charge in [0.15, 0.2) is 5.58 Å². The number of nitro groups is 1. The molecule has 0 radical (unpaired) electrons. The van der Waals surface area contributed by atoms with Gasteiger partial charge in [0.1, 0.15) is 11.3 Å². The minimum absolute atomic E-state index is 0.119.